The van der Waals surface area contributed by atoms with Gasteiger partial charge in [-0.15, -0.1) is 0 Å². The Morgan fingerprint density at radius 2 is 1.17 bits per heavy atom. The van der Waals surface area contributed by atoms with E-state index in [9.17, 15) is 67.4 Å². The van der Waals surface area contributed by atoms with Crippen molar-refractivity contribution < 1.29 is 115 Å². The fourth-order valence-corrected chi connectivity index (χ4v) is 16.3. The van der Waals surface area contributed by atoms with Gasteiger partial charge < -0.3 is 111 Å². The lowest BCUT2D eigenvalue weighted by atomic mass is 9.78. The number of nitrogens with two attached hydrogens (primary N) is 3. The Morgan fingerprint density at radius 3 is 1.74 bits per heavy atom. The van der Waals surface area contributed by atoms with E-state index in [1.54, 1.807) is 13.8 Å². The molecule has 1 aromatic carbocycles. The number of carbonyl (C=O) groups is 21. The molecule has 0 saturated carbocycles. The molecule has 45 nitrogen and oxygen atoms in total. The van der Waals surface area contributed by atoms with Crippen molar-refractivity contribution in [1.82, 2.24) is 88.8 Å². The van der Waals surface area contributed by atoms with Gasteiger partial charge in [-0.05, 0) is 81.1 Å². The van der Waals surface area contributed by atoms with Crippen LogP contribution in [0.25, 0.3) is 10.9 Å². The van der Waals surface area contributed by atoms with Crippen molar-refractivity contribution in [2.75, 3.05) is 76.5 Å². The maximum Gasteiger partial charge on any atom is 0.316 e. The van der Waals surface area contributed by atoms with Crippen molar-refractivity contribution in [3.63, 3.8) is 0 Å². The van der Waals surface area contributed by atoms with Gasteiger partial charge in [0, 0.05) is 107 Å². The zero-order valence-electron chi connectivity index (χ0n) is 66.5. The number of H-pyrrole nitrogens is 1. The van der Waals surface area contributed by atoms with Crippen molar-refractivity contribution in [2.24, 2.45) is 40.9 Å². The molecule has 0 spiro atoms. The van der Waals surface area contributed by atoms with Crippen LogP contribution in [-0.4, -0.2) is 285 Å². The Labute approximate surface area is 693 Å². The average molecular weight is 1710 g/mol. The molecule has 8 heterocycles. The number of hydrogen-bond donors (Lipinski definition) is 19. The van der Waals surface area contributed by atoms with Crippen molar-refractivity contribution in [3.8, 4) is 5.75 Å². The summed E-state index contributed by atoms with van der Waals surface area (Å²) in [4.78, 5) is 307. The minimum Gasteiger partial charge on any atom is -0.424 e. The Hall–Kier alpha value is -12.5. The van der Waals surface area contributed by atoms with E-state index in [0.29, 0.717) is 9.80 Å². The molecule has 7 aliphatic heterocycles. The zero-order valence-corrected chi connectivity index (χ0v) is 67.4. The van der Waals surface area contributed by atoms with Gasteiger partial charge in [-0.25, -0.2) is 0 Å². The lowest BCUT2D eigenvalue weighted by Gasteiger charge is -2.32. The molecule has 9 rings (SSSR count). The number of aromatic nitrogens is 1. The zero-order chi connectivity index (χ0) is 88.2. The van der Waals surface area contributed by atoms with E-state index in [0.717, 1.165) is 41.3 Å². The summed E-state index contributed by atoms with van der Waals surface area (Å²) in [5, 5.41) is 45.4. The lowest BCUT2D eigenvalue weighted by Crippen LogP contribution is -2.66. The quantitative estimate of drug-likeness (QED) is 0.0239. The average Bonchev–Trinajstić information content (AvgIpc) is 1.62. The van der Waals surface area contributed by atoms with Gasteiger partial charge in [0.15, 0.2) is 5.75 Å². The molecule has 0 aliphatic carbocycles. The van der Waals surface area contributed by atoms with Crippen LogP contribution in [0.4, 0.5) is 5.69 Å². The van der Waals surface area contributed by atoms with Crippen LogP contribution in [0.1, 0.15) is 110 Å². The Kier molecular flexibility index (Phi) is 32.4. The second-order valence-corrected chi connectivity index (χ2v) is 31.5. The second-order valence-electron chi connectivity index (χ2n) is 30.1. The van der Waals surface area contributed by atoms with Gasteiger partial charge in [0.1, 0.15) is 59.4 Å². The smallest absolute Gasteiger partial charge is 0.316 e. The topological polar surface area (TPSA) is 677 Å². The number of carbonyl (C=O) groups excluding carboxylic acids is 21. The number of aliphatic hydroxyl groups excluding tert-OH is 1. The molecule has 22 N–H and O–H groups in total. The summed E-state index contributed by atoms with van der Waals surface area (Å²) >= 11 is 0. The van der Waals surface area contributed by atoms with E-state index < -0.39 is 332 Å². The van der Waals surface area contributed by atoms with E-state index in [1.807, 2.05) is 0 Å². The van der Waals surface area contributed by atoms with Crippen molar-refractivity contribution >= 4 is 152 Å². The van der Waals surface area contributed by atoms with Gasteiger partial charge in [0.05, 0.1) is 59.7 Å². The SMILES string of the molecule is CC[C@@H]1C2CNC(=O)[C@H](CCCCN)NC(=O)C(NC(=O)CCN3C(=O)C=CC3=O)C(NC(=O)CCN3C(=O)C=CC3=O)C(=O)N[C@@H](CCCCN)C(=O)NCCC(=O)Nc3cc4[nH]c5c(c4cc3OC2=O)C[C@@H]2NC(=O)[C@H]([C@@H](C)CC)NC(=O)[C@@H]3C[C@@H](O)CN3C(=O)[C@H](CC(N)=O)NC(=O)[C@H](CS5=O)NC(=O)CNC(=O)[C@H]1CNC(=O)CNC2=O. The number of hydrogen-bond acceptors (Lipinski definition) is 26. The van der Waals surface area contributed by atoms with Crippen LogP contribution in [0.3, 0.4) is 0 Å². The van der Waals surface area contributed by atoms with Crippen LogP contribution in [0.5, 0.6) is 5.75 Å². The first-order valence-electron chi connectivity index (χ1n) is 39.7. The number of anilines is 1. The number of fused-ring (bicyclic) bond motifs is 5. The first-order valence-corrected chi connectivity index (χ1v) is 41.0. The van der Waals surface area contributed by atoms with E-state index >= 15 is 42.6 Å². The van der Waals surface area contributed by atoms with Crippen LogP contribution in [-0.2, 0) is 118 Å². The van der Waals surface area contributed by atoms with Crippen LogP contribution in [0.2, 0.25) is 0 Å². The van der Waals surface area contributed by atoms with E-state index in [1.165, 1.54) is 6.92 Å². The number of nitrogens with one attached hydrogen (secondary N) is 15. The van der Waals surface area contributed by atoms with Gasteiger partial charge in [-0.3, -0.25) is 115 Å². The van der Waals surface area contributed by atoms with Crippen LogP contribution < -0.4 is 96.4 Å². The van der Waals surface area contributed by atoms with Crippen LogP contribution in [0, 0.1) is 23.7 Å². The third kappa shape index (κ3) is 24.0. The van der Waals surface area contributed by atoms with E-state index in [-0.39, 0.29) is 80.9 Å². The highest BCUT2D eigenvalue weighted by molar-refractivity contribution is 7.85. The van der Waals surface area contributed by atoms with E-state index in [4.69, 9.17) is 21.9 Å². The number of ether oxygens (including phenoxy) is 1. The second kappa shape index (κ2) is 42.5. The normalized spacial score (nSPS) is 27.1. The van der Waals surface area contributed by atoms with Gasteiger partial charge in [-0.2, -0.15) is 0 Å². The largest absolute Gasteiger partial charge is 0.424 e. The maximum absolute atomic E-state index is 16.0. The molecule has 4 unspecified atom stereocenters. The number of aromatic amines is 1. The molecule has 656 valence electrons. The highest BCUT2D eigenvalue weighted by Gasteiger charge is 2.47. The predicted octanol–water partition coefficient (Wildman–Crippen LogP) is -9.40. The first-order chi connectivity index (χ1) is 57.6. The molecule has 46 heteroatoms. The first kappa shape index (κ1) is 92.4. The molecule has 1 fully saturated rings. The summed E-state index contributed by atoms with van der Waals surface area (Å²) in [7, 11) is -2.73. The lowest BCUT2D eigenvalue weighted by molar-refractivity contribution is -0.144. The number of aliphatic hydroxyl groups is 1. The number of nitrogens with zero attached hydrogens (tertiary/aromatic N) is 3. The van der Waals surface area contributed by atoms with Gasteiger partial charge >= 0.3 is 5.97 Å². The molecule has 0 radical (unpaired) electrons. The molecular formula is C75H101N21O24S. The van der Waals surface area contributed by atoms with Crippen LogP contribution >= 0.6 is 0 Å². The molecular weight excluding hydrogens is 1610 g/mol. The number of amides is 20. The molecule has 121 heavy (non-hydrogen) atoms. The van der Waals surface area contributed by atoms with Crippen molar-refractivity contribution in [2.45, 2.75) is 176 Å². The molecule has 2 aromatic rings. The standard InChI is InChI=1S/C75H101N21O24S/c1-4-35(3)61-70(114)88-46-25-39-38-26-50-45-27-44(38)90-73(39)121(119)34-48(68(112)89-47(28-51(78)98)74(117)96-33-36(97)24-49(96)69(113)93-61)85-56(103)32-82-64(108)40(29-80-55(102)31-83-67(46)111)37(5-2)41(75(118)120-50)30-81-66(110)43(11-7-9-20-77)87-72(116)63(92-54(101)18-23-95-59(106)14-15-60(95)107)62(91-53(100)17-22-94-57(104)12-13-58(94)105)71(115)86-42(10-6-8-19-76)65(109)79-21-16-52(99)84-45/h12-15,26-27,35-37,40-43,46-49,61-63,90,97H,4-11,16-25,28-34,76-77H2,1-3H3,(H2,78,98)(H,79,109)(H,80,102)(H,81,110)(H,82,108)(H,83,111)(H,84,99)(H,85,103)(H,86,115)(H,87,116)(H,88,114)(H,89,112)(H,91,100)(H,92,101)(H,93,113)/t35-,36+,37-,40-,41?,42-,43-,46-,47-,48-,49-,61-,62?,63?,121?/m0/s1. The Balaban J connectivity index is 1.23. The number of primary amides is 1. The molecule has 8 bridgehead atoms. The van der Waals surface area contributed by atoms with Gasteiger partial charge in [0.2, 0.25) is 94.5 Å². The summed E-state index contributed by atoms with van der Waals surface area (Å²) in [5.74, 6) is -30.7. The van der Waals surface area contributed by atoms with Gasteiger partial charge in [-0.1, -0.05) is 33.6 Å². The molecule has 1 aromatic heterocycles. The number of rotatable bonds is 21. The fraction of sp³-hybridized carbons (Fsp3) is 0.560. The molecule has 20 amide bonds. The van der Waals surface area contributed by atoms with E-state index in [2.05, 4.69) is 79.4 Å². The van der Waals surface area contributed by atoms with Gasteiger partial charge in [0.25, 0.3) is 23.6 Å². The third-order valence-electron chi connectivity index (χ3n) is 21.6. The summed E-state index contributed by atoms with van der Waals surface area (Å²) in [6.07, 6.45) is -2.36. The van der Waals surface area contributed by atoms with Crippen molar-refractivity contribution in [3.05, 3.63) is 42.0 Å². The van der Waals surface area contributed by atoms with Crippen molar-refractivity contribution in [1.29, 1.82) is 0 Å². The highest BCUT2D eigenvalue weighted by atomic mass is 32.2. The number of imide groups is 2. The number of unbranched alkanes of at least 4 members (excludes halogenated alkanes) is 2. The summed E-state index contributed by atoms with van der Waals surface area (Å²) in [6, 6.07) is -15.0. The summed E-state index contributed by atoms with van der Waals surface area (Å²) in [6.45, 7) is -1.39. The molecule has 15 atom stereocenters. The third-order valence-corrected chi connectivity index (χ3v) is 23.1. The number of esters is 1. The summed E-state index contributed by atoms with van der Waals surface area (Å²) in [5.41, 5.74) is 16.7. The monoisotopic (exact) mass is 1710 g/mol. The minimum absolute atomic E-state index is 0.00300. The maximum atomic E-state index is 16.0. The Morgan fingerprint density at radius 1 is 0.603 bits per heavy atom. The highest BCUT2D eigenvalue weighted by Crippen LogP contribution is 2.38. The predicted molar refractivity (Wildman–Crippen MR) is 420 cm³/mol. The number of benzene rings is 1. The molecule has 1 saturated heterocycles. The Bertz CT molecular complexity index is 4510. The van der Waals surface area contributed by atoms with Crippen LogP contribution in [0.15, 0.2) is 41.5 Å². The summed E-state index contributed by atoms with van der Waals surface area (Å²) < 4.78 is 22.1. The molecule has 7 aliphatic rings. The fourth-order valence-electron chi connectivity index (χ4n) is 14.9. The minimum atomic E-state index is -2.73.